The van der Waals surface area contributed by atoms with Crippen LogP contribution in [0, 0.1) is 6.92 Å². The lowest BCUT2D eigenvalue weighted by molar-refractivity contribution is 0.0701. The summed E-state index contributed by atoms with van der Waals surface area (Å²) in [6.45, 7) is 6.00. The van der Waals surface area contributed by atoms with Gasteiger partial charge in [0.1, 0.15) is 23.7 Å². The largest absolute Gasteiger partial charge is 0.490 e. The average Bonchev–Trinajstić information content (AvgIpc) is 3.42. The normalized spacial score (nSPS) is 15.2. The first kappa shape index (κ1) is 21.1. The van der Waals surface area contributed by atoms with E-state index in [1.54, 1.807) is 41.5 Å². The van der Waals surface area contributed by atoms with Gasteiger partial charge in [-0.15, -0.1) is 0 Å². The number of nitrogens with zero attached hydrogens (tertiary/aromatic N) is 1. The van der Waals surface area contributed by atoms with Gasteiger partial charge in [-0.05, 0) is 54.4 Å². The summed E-state index contributed by atoms with van der Waals surface area (Å²) >= 11 is 6.29. The lowest BCUT2D eigenvalue weighted by Crippen LogP contribution is -2.29. The van der Waals surface area contributed by atoms with Crippen LogP contribution in [0.5, 0.6) is 5.75 Å². The number of aryl methyl sites for hydroxylation is 1. The maximum absolute atomic E-state index is 13.7. The molecule has 0 fully saturated rings. The van der Waals surface area contributed by atoms with Gasteiger partial charge in [0, 0.05) is 5.02 Å². The second kappa shape index (κ2) is 8.30. The Labute approximate surface area is 194 Å². The van der Waals surface area contributed by atoms with Gasteiger partial charge >= 0.3 is 0 Å². The molecule has 0 radical (unpaired) electrons. The number of rotatable bonds is 6. The van der Waals surface area contributed by atoms with E-state index in [1.807, 2.05) is 31.2 Å². The summed E-state index contributed by atoms with van der Waals surface area (Å²) in [5.41, 5.74) is 1.80. The SMILES string of the molecule is C=CCOc1cccc(C2c3c(oc4cc(C)c(Cl)cc4c3=O)C(=O)N2Cc2ccco2)c1. The Morgan fingerprint density at radius 3 is 2.79 bits per heavy atom. The molecule has 2 aromatic heterocycles. The Morgan fingerprint density at radius 1 is 1.18 bits per heavy atom. The highest BCUT2D eigenvalue weighted by Crippen LogP contribution is 2.40. The zero-order valence-electron chi connectivity index (χ0n) is 17.8. The van der Waals surface area contributed by atoms with Crippen LogP contribution >= 0.6 is 11.6 Å². The van der Waals surface area contributed by atoms with Gasteiger partial charge in [-0.2, -0.15) is 0 Å². The molecule has 6 nitrogen and oxygen atoms in total. The zero-order chi connectivity index (χ0) is 23.1. The number of ether oxygens (including phenoxy) is 1. The Hall–Kier alpha value is -3.77. The van der Waals surface area contributed by atoms with E-state index in [4.69, 9.17) is 25.2 Å². The van der Waals surface area contributed by atoms with E-state index in [9.17, 15) is 9.59 Å². The molecule has 5 rings (SSSR count). The minimum atomic E-state index is -0.675. The van der Waals surface area contributed by atoms with Gasteiger partial charge in [0.15, 0.2) is 5.43 Å². The molecule has 0 bridgehead atoms. The number of furan rings is 1. The molecule has 33 heavy (non-hydrogen) atoms. The van der Waals surface area contributed by atoms with Crippen LogP contribution in [0.3, 0.4) is 0 Å². The molecule has 0 N–H and O–H groups in total. The number of hydrogen-bond acceptors (Lipinski definition) is 5. The lowest BCUT2D eigenvalue weighted by atomic mass is 9.98. The van der Waals surface area contributed by atoms with E-state index in [2.05, 4.69) is 6.58 Å². The highest BCUT2D eigenvalue weighted by Gasteiger charge is 2.43. The molecule has 166 valence electrons. The van der Waals surface area contributed by atoms with Crippen molar-refractivity contribution in [3.63, 3.8) is 0 Å². The van der Waals surface area contributed by atoms with Crippen molar-refractivity contribution in [2.75, 3.05) is 6.61 Å². The molecule has 1 unspecified atom stereocenters. The lowest BCUT2D eigenvalue weighted by Gasteiger charge is -2.24. The third kappa shape index (κ3) is 3.62. The summed E-state index contributed by atoms with van der Waals surface area (Å²) in [5, 5.41) is 0.795. The van der Waals surface area contributed by atoms with Crippen molar-refractivity contribution in [3.05, 3.63) is 111 Å². The predicted octanol–water partition coefficient (Wildman–Crippen LogP) is 5.66. The van der Waals surface area contributed by atoms with Gasteiger partial charge in [-0.1, -0.05) is 36.4 Å². The Bertz CT molecular complexity index is 1440. The van der Waals surface area contributed by atoms with Crippen molar-refractivity contribution < 1.29 is 18.4 Å². The predicted molar refractivity (Wildman–Crippen MR) is 125 cm³/mol. The highest BCUT2D eigenvalue weighted by molar-refractivity contribution is 6.32. The standard InChI is InChI=1S/C26H20ClNO5/c1-3-9-31-17-7-4-6-16(12-17)23-22-24(29)19-13-20(27)15(2)11-21(19)33-25(22)26(30)28(23)14-18-8-5-10-32-18/h3-8,10-13,23H,1,9,14H2,2H3. The number of carbonyl (C=O) groups is 1. The number of halogens is 1. The fraction of sp³-hybridized carbons (Fsp3) is 0.154. The van der Waals surface area contributed by atoms with Crippen molar-refractivity contribution in [1.82, 2.24) is 4.90 Å². The van der Waals surface area contributed by atoms with Crippen LogP contribution in [-0.4, -0.2) is 17.4 Å². The van der Waals surface area contributed by atoms with Crippen LogP contribution in [-0.2, 0) is 6.54 Å². The van der Waals surface area contributed by atoms with Crippen LogP contribution in [0.15, 0.2) is 81.1 Å². The van der Waals surface area contributed by atoms with Gasteiger partial charge in [-0.25, -0.2) is 0 Å². The highest BCUT2D eigenvalue weighted by atomic mass is 35.5. The molecule has 0 saturated heterocycles. The third-order valence-electron chi connectivity index (χ3n) is 5.69. The molecule has 1 amide bonds. The molecule has 1 aliphatic rings. The van der Waals surface area contributed by atoms with Crippen molar-refractivity contribution in [2.24, 2.45) is 0 Å². The second-order valence-electron chi connectivity index (χ2n) is 7.86. The van der Waals surface area contributed by atoms with Crippen LogP contribution in [0.2, 0.25) is 5.02 Å². The van der Waals surface area contributed by atoms with Gasteiger partial charge in [-0.3, -0.25) is 9.59 Å². The van der Waals surface area contributed by atoms with Crippen molar-refractivity contribution in [3.8, 4) is 5.75 Å². The molecule has 0 saturated carbocycles. The molecular weight excluding hydrogens is 442 g/mol. The maximum atomic E-state index is 13.7. The molecule has 4 aromatic rings. The maximum Gasteiger partial charge on any atom is 0.291 e. The number of amides is 1. The smallest absolute Gasteiger partial charge is 0.291 e. The van der Waals surface area contributed by atoms with E-state index in [1.165, 1.54) is 0 Å². The Morgan fingerprint density at radius 2 is 2.03 bits per heavy atom. The molecule has 0 spiro atoms. The van der Waals surface area contributed by atoms with E-state index in [-0.39, 0.29) is 29.2 Å². The van der Waals surface area contributed by atoms with E-state index in [0.717, 1.165) is 11.1 Å². The molecule has 2 aromatic carbocycles. The fourth-order valence-corrected chi connectivity index (χ4v) is 4.31. The summed E-state index contributed by atoms with van der Waals surface area (Å²) < 4.78 is 17.2. The van der Waals surface area contributed by atoms with Crippen molar-refractivity contribution in [1.29, 1.82) is 0 Å². The molecule has 3 heterocycles. The summed E-state index contributed by atoms with van der Waals surface area (Å²) in [6, 6.07) is 13.4. The topological polar surface area (TPSA) is 72.9 Å². The van der Waals surface area contributed by atoms with Gasteiger partial charge in [0.05, 0.1) is 29.8 Å². The molecule has 7 heteroatoms. The molecule has 1 aliphatic heterocycles. The Kier molecular flexibility index (Phi) is 5.30. The Balaban J connectivity index is 1.72. The van der Waals surface area contributed by atoms with Gasteiger partial charge in [0.25, 0.3) is 5.91 Å². The minimum Gasteiger partial charge on any atom is -0.490 e. The molecule has 0 aliphatic carbocycles. The first-order valence-corrected chi connectivity index (χ1v) is 10.8. The summed E-state index contributed by atoms with van der Waals surface area (Å²) in [4.78, 5) is 28.7. The fourth-order valence-electron chi connectivity index (χ4n) is 4.15. The quantitative estimate of drug-likeness (QED) is 0.346. The number of benzene rings is 2. The number of hydrogen-bond donors (Lipinski definition) is 0. The van der Waals surface area contributed by atoms with Crippen LogP contribution in [0.25, 0.3) is 11.0 Å². The van der Waals surface area contributed by atoms with E-state index < -0.39 is 6.04 Å². The summed E-state index contributed by atoms with van der Waals surface area (Å²) in [6.07, 6.45) is 3.20. The summed E-state index contributed by atoms with van der Waals surface area (Å²) in [7, 11) is 0. The second-order valence-corrected chi connectivity index (χ2v) is 8.27. The number of fused-ring (bicyclic) bond motifs is 2. The monoisotopic (exact) mass is 461 g/mol. The van der Waals surface area contributed by atoms with Gasteiger partial charge in [0.2, 0.25) is 5.76 Å². The first-order valence-electron chi connectivity index (χ1n) is 10.4. The van der Waals surface area contributed by atoms with Crippen molar-refractivity contribution in [2.45, 2.75) is 19.5 Å². The average molecular weight is 462 g/mol. The van der Waals surface area contributed by atoms with E-state index in [0.29, 0.717) is 34.1 Å². The van der Waals surface area contributed by atoms with E-state index >= 15 is 0 Å². The first-order chi connectivity index (χ1) is 16.0. The van der Waals surface area contributed by atoms with Crippen LogP contribution < -0.4 is 10.2 Å². The molecular formula is C26H20ClNO5. The minimum absolute atomic E-state index is 0.0307. The molecule has 1 atom stereocenters. The third-order valence-corrected chi connectivity index (χ3v) is 6.10. The zero-order valence-corrected chi connectivity index (χ0v) is 18.6. The summed E-state index contributed by atoms with van der Waals surface area (Å²) in [5.74, 6) is 0.852. The number of carbonyl (C=O) groups excluding carboxylic acids is 1. The van der Waals surface area contributed by atoms with Crippen LogP contribution in [0.4, 0.5) is 0 Å². The van der Waals surface area contributed by atoms with Crippen molar-refractivity contribution >= 4 is 28.5 Å². The van der Waals surface area contributed by atoms with Gasteiger partial charge < -0.3 is 18.5 Å². The van der Waals surface area contributed by atoms with Crippen LogP contribution in [0.1, 0.15) is 39.0 Å².